The summed E-state index contributed by atoms with van der Waals surface area (Å²) in [5.74, 6) is 1.06. The fraction of sp³-hybridized carbons (Fsp3) is 0.600. The van der Waals surface area contributed by atoms with E-state index in [9.17, 15) is 13.5 Å². The van der Waals surface area contributed by atoms with E-state index in [0.717, 1.165) is 0 Å². The van der Waals surface area contributed by atoms with Crippen LogP contribution in [0.5, 0.6) is 5.75 Å². The molecule has 2 atom stereocenters. The molecule has 1 aliphatic heterocycles. The molecule has 1 aromatic carbocycles. The van der Waals surface area contributed by atoms with Gasteiger partial charge in [0.05, 0.1) is 24.2 Å². The number of aliphatic hydroxyl groups is 1. The Morgan fingerprint density at radius 2 is 2.10 bits per heavy atom. The van der Waals surface area contributed by atoms with Crippen LogP contribution in [0.3, 0.4) is 0 Å². The first-order valence-corrected chi connectivity index (χ1v) is 8.93. The normalized spacial score (nSPS) is 22.1. The Balaban J connectivity index is 2.00. The maximum atomic E-state index is 11.5. The second kappa shape index (κ2) is 7.24. The predicted octanol–water partition coefficient (Wildman–Crippen LogP) is 1.57. The molecule has 0 amide bonds. The van der Waals surface area contributed by atoms with E-state index in [1.807, 2.05) is 18.2 Å². The van der Waals surface area contributed by atoms with Crippen LogP contribution in [0, 0.1) is 5.92 Å². The molecule has 1 aromatic rings. The quantitative estimate of drug-likeness (QED) is 0.773. The fourth-order valence-electron chi connectivity index (χ4n) is 2.62. The van der Waals surface area contributed by atoms with Gasteiger partial charge < -0.3 is 14.6 Å². The van der Waals surface area contributed by atoms with Crippen molar-refractivity contribution < 1.29 is 23.0 Å². The molecule has 0 radical (unpaired) electrons. The molecule has 0 aliphatic carbocycles. The first kappa shape index (κ1) is 16.3. The van der Waals surface area contributed by atoms with Crippen LogP contribution < -0.4 is 4.74 Å². The predicted molar refractivity (Wildman–Crippen MR) is 80.2 cm³/mol. The van der Waals surface area contributed by atoms with Crippen molar-refractivity contribution in [2.75, 3.05) is 31.8 Å². The Morgan fingerprint density at radius 1 is 1.33 bits per heavy atom. The second-order valence-corrected chi connectivity index (χ2v) is 7.63. The van der Waals surface area contributed by atoms with Crippen molar-refractivity contribution in [3.05, 3.63) is 29.8 Å². The van der Waals surface area contributed by atoms with Gasteiger partial charge in [0.25, 0.3) is 0 Å². The Bertz CT molecular complexity index is 555. The van der Waals surface area contributed by atoms with Crippen molar-refractivity contribution in [2.45, 2.75) is 18.9 Å². The van der Waals surface area contributed by atoms with Gasteiger partial charge in [0, 0.05) is 12.7 Å². The van der Waals surface area contributed by atoms with Gasteiger partial charge in [-0.25, -0.2) is 8.42 Å². The van der Waals surface area contributed by atoms with E-state index in [4.69, 9.17) is 9.47 Å². The second-order valence-electron chi connectivity index (χ2n) is 5.40. The van der Waals surface area contributed by atoms with Crippen LogP contribution in [0.1, 0.15) is 24.5 Å². The topological polar surface area (TPSA) is 72.8 Å². The standard InChI is InChI=1S/C15H22O5S/c1-19-7-8-20-15-5-3-2-4-13(15)14(16)10-12-6-9-21(17,18)11-12/h2-5,12,14,16H,6-11H2,1H3. The van der Waals surface area contributed by atoms with Crippen LogP contribution in [0.25, 0.3) is 0 Å². The minimum atomic E-state index is -2.91. The number of hydrogen-bond donors (Lipinski definition) is 1. The van der Waals surface area contributed by atoms with Gasteiger partial charge in [-0.1, -0.05) is 18.2 Å². The molecule has 6 heteroatoms. The van der Waals surface area contributed by atoms with Crippen molar-refractivity contribution in [1.82, 2.24) is 0 Å². The van der Waals surface area contributed by atoms with E-state index in [0.29, 0.717) is 37.4 Å². The smallest absolute Gasteiger partial charge is 0.150 e. The number of benzene rings is 1. The van der Waals surface area contributed by atoms with Gasteiger partial charge in [-0.3, -0.25) is 0 Å². The summed E-state index contributed by atoms with van der Waals surface area (Å²) in [6, 6.07) is 7.31. The van der Waals surface area contributed by atoms with Crippen molar-refractivity contribution in [2.24, 2.45) is 5.92 Å². The third-order valence-electron chi connectivity index (χ3n) is 3.71. The largest absolute Gasteiger partial charge is 0.491 e. The van der Waals surface area contributed by atoms with Gasteiger partial charge in [-0.15, -0.1) is 0 Å². The lowest BCUT2D eigenvalue weighted by Crippen LogP contribution is -2.12. The average Bonchev–Trinajstić information content (AvgIpc) is 2.78. The van der Waals surface area contributed by atoms with Crippen molar-refractivity contribution in [1.29, 1.82) is 0 Å². The summed E-state index contributed by atoms with van der Waals surface area (Å²) in [5, 5.41) is 10.4. The summed E-state index contributed by atoms with van der Waals surface area (Å²) >= 11 is 0. The highest BCUT2D eigenvalue weighted by Gasteiger charge is 2.30. The maximum Gasteiger partial charge on any atom is 0.150 e. The molecular weight excluding hydrogens is 292 g/mol. The van der Waals surface area contributed by atoms with E-state index in [1.165, 1.54) is 0 Å². The molecular formula is C15H22O5S. The Kier molecular flexibility index (Phi) is 5.61. The van der Waals surface area contributed by atoms with E-state index in [1.54, 1.807) is 13.2 Å². The van der Waals surface area contributed by atoms with Crippen molar-refractivity contribution in [3.63, 3.8) is 0 Å². The Hall–Kier alpha value is -1.11. The molecule has 5 nitrogen and oxygen atoms in total. The van der Waals surface area contributed by atoms with E-state index < -0.39 is 15.9 Å². The molecule has 0 bridgehead atoms. The summed E-state index contributed by atoms with van der Waals surface area (Å²) in [4.78, 5) is 0. The molecule has 1 fully saturated rings. The van der Waals surface area contributed by atoms with Crippen LogP contribution in [-0.4, -0.2) is 45.4 Å². The van der Waals surface area contributed by atoms with E-state index in [-0.39, 0.29) is 17.4 Å². The zero-order valence-electron chi connectivity index (χ0n) is 12.2. The fourth-order valence-corrected chi connectivity index (χ4v) is 4.50. The highest BCUT2D eigenvalue weighted by Crippen LogP contribution is 2.33. The van der Waals surface area contributed by atoms with Crippen molar-refractivity contribution in [3.8, 4) is 5.75 Å². The number of para-hydroxylation sites is 1. The molecule has 2 unspecified atom stereocenters. The van der Waals surface area contributed by atoms with Crippen LogP contribution in [0.2, 0.25) is 0 Å². The lowest BCUT2D eigenvalue weighted by Gasteiger charge is -2.18. The van der Waals surface area contributed by atoms with Gasteiger partial charge in [0.15, 0.2) is 9.84 Å². The molecule has 2 rings (SSSR count). The number of rotatable bonds is 7. The molecule has 0 aromatic heterocycles. The van der Waals surface area contributed by atoms with Gasteiger partial charge >= 0.3 is 0 Å². The minimum Gasteiger partial charge on any atom is -0.491 e. The molecule has 0 saturated carbocycles. The SMILES string of the molecule is COCCOc1ccccc1C(O)CC1CCS(=O)(=O)C1. The summed E-state index contributed by atoms with van der Waals surface area (Å²) in [5.41, 5.74) is 0.706. The van der Waals surface area contributed by atoms with Gasteiger partial charge in [-0.05, 0) is 24.8 Å². The minimum absolute atomic E-state index is 0.0250. The summed E-state index contributed by atoms with van der Waals surface area (Å²) in [6.07, 6.45) is 0.373. The average molecular weight is 314 g/mol. The lowest BCUT2D eigenvalue weighted by atomic mass is 9.96. The van der Waals surface area contributed by atoms with E-state index in [2.05, 4.69) is 0 Å². The zero-order valence-corrected chi connectivity index (χ0v) is 13.0. The summed E-state index contributed by atoms with van der Waals surface area (Å²) in [7, 11) is -1.31. The first-order valence-electron chi connectivity index (χ1n) is 7.11. The van der Waals surface area contributed by atoms with Crippen LogP contribution in [0.15, 0.2) is 24.3 Å². The maximum absolute atomic E-state index is 11.5. The molecule has 21 heavy (non-hydrogen) atoms. The molecule has 1 aliphatic rings. The Labute approximate surface area is 125 Å². The zero-order chi connectivity index (χ0) is 15.3. The van der Waals surface area contributed by atoms with Gasteiger partial charge in [-0.2, -0.15) is 0 Å². The van der Waals surface area contributed by atoms with Crippen LogP contribution in [-0.2, 0) is 14.6 Å². The number of sulfone groups is 1. The third-order valence-corrected chi connectivity index (χ3v) is 5.54. The number of aliphatic hydroxyl groups excluding tert-OH is 1. The van der Waals surface area contributed by atoms with Gasteiger partial charge in [0.2, 0.25) is 0 Å². The molecule has 1 N–H and O–H groups in total. The van der Waals surface area contributed by atoms with E-state index >= 15 is 0 Å². The third kappa shape index (κ3) is 4.69. The summed E-state index contributed by atoms with van der Waals surface area (Å²) < 4.78 is 33.5. The first-order chi connectivity index (χ1) is 10.0. The molecule has 118 valence electrons. The lowest BCUT2D eigenvalue weighted by molar-refractivity contribution is 0.129. The molecule has 1 saturated heterocycles. The highest BCUT2D eigenvalue weighted by atomic mass is 32.2. The van der Waals surface area contributed by atoms with Crippen LogP contribution >= 0.6 is 0 Å². The Morgan fingerprint density at radius 3 is 2.76 bits per heavy atom. The number of ether oxygens (including phenoxy) is 2. The summed E-state index contributed by atoms with van der Waals surface area (Å²) in [6.45, 7) is 0.892. The monoisotopic (exact) mass is 314 g/mol. The molecule has 0 spiro atoms. The van der Waals surface area contributed by atoms with Crippen LogP contribution in [0.4, 0.5) is 0 Å². The number of hydrogen-bond acceptors (Lipinski definition) is 5. The van der Waals surface area contributed by atoms with Crippen molar-refractivity contribution >= 4 is 9.84 Å². The van der Waals surface area contributed by atoms with Gasteiger partial charge in [0.1, 0.15) is 12.4 Å². The molecule has 1 heterocycles. The number of methoxy groups -OCH3 is 1. The highest BCUT2D eigenvalue weighted by molar-refractivity contribution is 7.91.